The Labute approximate surface area is 121 Å². The van der Waals surface area contributed by atoms with Gasteiger partial charge in [0.25, 0.3) is 0 Å². The van der Waals surface area contributed by atoms with E-state index in [0.717, 1.165) is 19.5 Å². The molecule has 2 aliphatic rings. The van der Waals surface area contributed by atoms with Crippen LogP contribution in [0.5, 0.6) is 0 Å². The maximum absolute atomic E-state index is 12.4. The summed E-state index contributed by atoms with van der Waals surface area (Å²) in [6.07, 6.45) is 0.881. The lowest BCUT2D eigenvalue weighted by molar-refractivity contribution is -0.124. The summed E-state index contributed by atoms with van der Waals surface area (Å²) in [6, 6.07) is 8.41. The monoisotopic (exact) mass is 272 g/mol. The van der Waals surface area contributed by atoms with Gasteiger partial charge in [-0.1, -0.05) is 24.3 Å². The lowest BCUT2D eigenvalue weighted by Crippen LogP contribution is -2.46. The fourth-order valence-corrected chi connectivity index (χ4v) is 3.55. The highest BCUT2D eigenvalue weighted by molar-refractivity contribution is 5.83. The highest BCUT2D eigenvalue weighted by Gasteiger charge is 2.57. The molecule has 2 N–H and O–H groups in total. The molecule has 1 saturated carbocycles. The Hall–Kier alpha value is -1.35. The van der Waals surface area contributed by atoms with Gasteiger partial charge in [-0.05, 0) is 63.2 Å². The molecule has 3 heteroatoms. The van der Waals surface area contributed by atoms with E-state index >= 15 is 0 Å². The van der Waals surface area contributed by atoms with Crippen molar-refractivity contribution in [3.63, 3.8) is 0 Å². The van der Waals surface area contributed by atoms with Crippen molar-refractivity contribution < 1.29 is 4.79 Å². The predicted octanol–water partition coefficient (Wildman–Crippen LogP) is 1.90. The summed E-state index contributed by atoms with van der Waals surface area (Å²) in [5.74, 6) is 1.68. The lowest BCUT2D eigenvalue weighted by Gasteiger charge is -2.27. The summed E-state index contributed by atoms with van der Waals surface area (Å²) in [5, 5.41) is 6.59. The average Bonchev–Trinajstić information content (AvgIpc) is 2.86. The molecule has 2 atom stereocenters. The molecule has 2 unspecified atom stereocenters. The molecule has 3 rings (SSSR count). The number of nitrogens with one attached hydrogen (secondary N) is 2. The van der Waals surface area contributed by atoms with E-state index in [1.54, 1.807) is 0 Å². The Bertz CT molecular complexity index is 513. The van der Waals surface area contributed by atoms with Crippen molar-refractivity contribution in [1.29, 1.82) is 0 Å². The molecule has 1 aromatic rings. The number of piperidine rings is 1. The van der Waals surface area contributed by atoms with Gasteiger partial charge in [0, 0.05) is 11.5 Å². The molecule has 1 amide bonds. The van der Waals surface area contributed by atoms with E-state index in [4.69, 9.17) is 0 Å². The van der Waals surface area contributed by atoms with Crippen molar-refractivity contribution in [3.8, 4) is 0 Å². The van der Waals surface area contributed by atoms with Gasteiger partial charge < -0.3 is 10.6 Å². The van der Waals surface area contributed by atoms with Crippen molar-refractivity contribution in [1.82, 2.24) is 10.6 Å². The quantitative estimate of drug-likeness (QED) is 0.879. The number of hydrogen-bond donors (Lipinski definition) is 2. The van der Waals surface area contributed by atoms with Gasteiger partial charge >= 0.3 is 0 Å². The minimum atomic E-state index is -0.187. The largest absolute Gasteiger partial charge is 0.351 e. The molecule has 2 fully saturated rings. The molecular weight excluding hydrogens is 248 g/mol. The van der Waals surface area contributed by atoms with Crippen LogP contribution in [0, 0.1) is 24.7 Å². The highest BCUT2D eigenvalue weighted by atomic mass is 16.2. The van der Waals surface area contributed by atoms with Gasteiger partial charge in [0.05, 0.1) is 0 Å². The fraction of sp³-hybridized carbons (Fsp3) is 0.588. The summed E-state index contributed by atoms with van der Waals surface area (Å²) in [4.78, 5) is 12.4. The maximum Gasteiger partial charge on any atom is 0.224 e. The van der Waals surface area contributed by atoms with Gasteiger partial charge in [-0.15, -0.1) is 0 Å². The topological polar surface area (TPSA) is 41.1 Å². The minimum absolute atomic E-state index is 0.187. The first-order valence-electron chi connectivity index (χ1n) is 7.55. The molecule has 1 aliphatic carbocycles. The molecule has 108 valence electrons. The SMILES string of the molecule is Cc1ccccc1CC(C)(C)NC(=O)C1C2CNCC21. The molecular formula is C17H24N2O. The first-order chi connectivity index (χ1) is 9.48. The van der Waals surface area contributed by atoms with Crippen LogP contribution in [0.15, 0.2) is 24.3 Å². The predicted molar refractivity (Wildman–Crippen MR) is 80.4 cm³/mol. The maximum atomic E-state index is 12.4. The van der Waals surface area contributed by atoms with E-state index in [0.29, 0.717) is 11.8 Å². The van der Waals surface area contributed by atoms with E-state index in [9.17, 15) is 4.79 Å². The standard InChI is InChI=1S/C17H24N2O/c1-11-6-4-5-7-12(11)8-17(2,3)19-16(20)15-13-9-18-10-14(13)15/h4-7,13-15,18H,8-10H2,1-3H3,(H,19,20). The van der Waals surface area contributed by atoms with Crippen LogP contribution in [0.2, 0.25) is 0 Å². The third-order valence-electron chi connectivity index (χ3n) is 4.75. The molecule has 3 nitrogen and oxygen atoms in total. The van der Waals surface area contributed by atoms with Gasteiger partial charge in [0.15, 0.2) is 0 Å². The van der Waals surface area contributed by atoms with E-state index in [1.165, 1.54) is 11.1 Å². The van der Waals surface area contributed by atoms with Gasteiger partial charge in [-0.25, -0.2) is 0 Å². The molecule has 1 aliphatic heterocycles. The number of rotatable bonds is 4. The summed E-state index contributed by atoms with van der Waals surface area (Å²) in [6.45, 7) is 8.40. The second-order valence-corrected chi connectivity index (χ2v) is 6.99. The normalized spacial score (nSPS) is 28.1. The Morgan fingerprint density at radius 3 is 2.60 bits per heavy atom. The summed E-state index contributed by atoms with van der Waals surface area (Å²) < 4.78 is 0. The number of hydrogen-bond acceptors (Lipinski definition) is 2. The van der Waals surface area contributed by atoms with Crippen molar-refractivity contribution in [2.24, 2.45) is 17.8 Å². The van der Waals surface area contributed by atoms with Crippen LogP contribution in [0.25, 0.3) is 0 Å². The summed E-state index contributed by atoms with van der Waals surface area (Å²) in [5.41, 5.74) is 2.42. The molecule has 20 heavy (non-hydrogen) atoms. The zero-order valence-electron chi connectivity index (χ0n) is 12.6. The van der Waals surface area contributed by atoms with Crippen LogP contribution in [-0.4, -0.2) is 24.5 Å². The highest BCUT2D eigenvalue weighted by Crippen LogP contribution is 2.48. The average molecular weight is 272 g/mol. The van der Waals surface area contributed by atoms with Crippen LogP contribution in [0.1, 0.15) is 25.0 Å². The molecule has 1 aromatic carbocycles. The zero-order chi connectivity index (χ0) is 14.3. The van der Waals surface area contributed by atoms with Crippen molar-refractivity contribution in [2.75, 3.05) is 13.1 Å². The molecule has 0 spiro atoms. The molecule has 1 heterocycles. The number of fused-ring (bicyclic) bond motifs is 1. The van der Waals surface area contributed by atoms with Crippen molar-refractivity contribution >= 4 is 5.91 Å². The van der Waals surface area contributed by atoms with E-state index < -0.39 is 0 Å². The zero-order valence-corrected chi connectivity index (χ0v) is 12.6. The number of amides is 1. The van der Waals surface area contributed by atoms with E-state index in [-0.39, 0.29) is 17.4 Å². The Morgan fingerprint density at radius 1 is 1.30 bits per heavy atom. The van der Waals surface area contributed by atoms with E-state index in [1.807, 2.05) is 0 Å². The number of carbonyl (C=O) groups is 1. The molecule has 1 saturated heterocycles. The first kappa shape index (κ1) is 13.6. The van der Waals surface area contributed by atoms with E-state index in [2.05, 4.69) is 55.7 Å². The van der Waals surface area contributed by atoms with Crippen molar-refractivity contribution in [2.45, 2.75) is 32.7 Å². The van der Waals surface area contributed by atoms with Crippen LogP contribution < -0.4 is 10.6 Å². The Balaban J connectivity index is 1.61. The third kappa shape index (κ3) is 2.59. The van der Waals surface area contributed by atoms with Crippen LogP contribution >= 0.6 is 0 Å². The number of carbonyl (C=O) groups excluding carboxylic acids is 1. The Kier molecular flexibility index (Phi) is 3.33. The van der Waals surface area contributed by atoms with Crippen molar-refractivity contribution in [3.05, 3.63) is 35.4 Å². The van der Waals surface area contributed by atoms with Gasteiger partial charge in [0.1, 0.15) is 0 Å². The second kappa shape index (κ2) is 4.88. The third-order valence-corrected chi connectivity index (χ3v) is 4.75. The minimum Gasteiger partial charge on any atom is -0.351 e. The van der Waals surface area contributed by atoms with Crippen LogP contribution in [-0.2, 0) is 11.2 Å². The van der Waals surface area contributed by atoms with Gasteiger partial charge in [0.2, 0.25) is 5.91 Å². The molecule has 0 radical (unpaired) electrons. The van der Waals surface area contributed by atoms with Gasteiger partial charge in [-0.2, -0.15) is 0 Å². The van der Waals surface area contributed by atoms with Gasteiger partial charge in [-0.3, -0.25) is 4.79 Å². The Morgan fingerprint density at radius 2 is 1.95 bits per heavy atom. The smallest absolute Gasteiger partial charge is 0.224 e. The van der Waals surface area contributed by atoms with Crippen LogP contribution in [0.3, 0.4) is 0 Å². The molecule has 0 aromatic heterocycles. The fourth-order valence-electron chi connectivity index (χ4n) is 3.55. The lowest BCUT2D eigenvalue weighted by atomic mass is 9.92. The summed E-state index contributed by atoms with van der Waals surface area (Å²) >= 11 is 0. The summed E-state index contributed by atoms with van der Waals surface area (Å²) in [7, 11) is 0. The number of benzene rings is 1. The second-order valence-electron chi connectivity index (χ2n) is 6.99. The number of aryl methyl sites for hydroxylation is 1. The molecule has 0 bridgehead atoms. The van der Waals surface area contributed by atoms with Crippen LogP contribution in [0.4, 0.5) is 0 Å². The first-order valence-corrected chi connectivity index (χ1v) is 7.55.